The van der Waals surface area contributed by atoms with Crippen LogP contribution in [0.25, 0.3) is 22.6 Å². The average Bonchev–Trinajstić information content (AvgIpc) is 3.15. The summed E-state index contributed by atoms with van der Waals surface area (Å²) >= 11 is 3.10. The van der Waals surface area contributed by atoms with Gasteiger partial charge in [-0.25, -0.2) is 4.98 Å². The normalized spacial score (nSPS) is 11.4. The second-order valence-corrected chi connectivity index (χ2v) is 7.38. The first kappa shape index (κ1) is 19.6. The topological polar surface area (TPSA) is 122 Å². The zero-order valence-electron chi connectivity index (χ0n) is 15.5. The van der Waals surface area contributed by atoms with Gasteiger partial charge in [-0.2, -0.15) is 0 Å². The first-order valence-electron chi connectivity index (χ1n) is 8.74. The first-order chi connectivity index (χ1) is 14.3. The lowest BCUT2D eigenvalue weighted by atomic mass is 10.1. The fourth-order valence-corrected chi connectivity index (χ4v) is 3.39. The molecule has 0 aliphatic heterocycles. The van der Waals surface area contributed by atoms with Gasteiger partial charge >= 0.3 is 0 Å². The van der Waals surface area contributed by atoms with Crippen molar-refractivity contribution in [2.24, 2.45) is 4.99 Å². The molecule has 2 N–H and O–H groups in total. The van der Waals surface area contributed by atoms with Gasteiger partial charge in [0.05, 0.1) is 20.6 Å². The molecule has 30 heavy (non-hydrogen) atoms. The molecule has 0 spiro atoms. The maximum absolute atomic E-state index is 11.0. The van der Waals surface area contributed by atoms with Gasteiger partial charge in [0, 0.05) is 23.9 Å². The highest BCUT2D eigenvalue weighted by atomic mass is 79.9. The Morgan fingerprint density at radius 2 is 2.00 bits per heavy atom. The van der Waals surface area contributed by atoms with Crippen molar-refractivity contribution in [2.75, 3.05) is 0 Å². The van der Waals surface area contributed by atoms with Crippen molar-refractivity contribution in [1.29, 1.82) is 0 Å². The molecule has 8 nitrogen and oxygen atoms in total. The van der Waals surface area contributed by atoms with E-state index in [1.165, 1.54) is 24.4 Å². The van der Waals surface area contributed by atoms with Crippen LogP contribution in [0.5, 0.6) is 11.5 Å². The van der Waals surface area contributed by atoms with Crippen molar-refractivity contribution in [3.05, 3.63) is 74.2 Å². The third-order valence-electron chi connectivity index (χ3n) is 4.47. The monoisotopic (exact) mass is 467 g/mol. The van der Waals surface area contributed by atoms with E-state index in [1.54, 1.807) is 18.2 Å². The molecule has 0 radical (unpaired) electrons. The van der Waals surface area contributed by atoms with Crippen molar-refractivity contribution in [2.45, 2.75) is 6.92 Å². The predicted octanol–water partition coefficient (Wildman–Crippen LogP) is 5.64. The van der Waals surface area contributed by atoms with Crippen LogP contribution in [0.15, 0.2) is 62.4 Å². The lowest BCUT2D eigenvalue weighted by Gasteiger charge is -2.03. The molecule has 4 aromatic rings. The number of non-ortho nitro benzene ring substituents is 1. The van der Waals surface area contributed by atoms with Crippen LogP contribution < -0.4 is 0 Å². The average molecular weight is 468 g/mol. The number of aliphatic imine (C=N–C) groups is 1. The number of phenolic OH excluding ortho intramolecular Hbond substituents is 2. The summed E-state index contributed by atoms with van der Waals surface area (Å²) in [7, 11) is 0. The van der Waals surface area contributed by atoms with Gasteiger partial charge in [0.25, 0.3) is 5.69 Å². The van der Waals surface area contributed by atoms with E-state index in [4.69, 9.17) is 4.42 Å². The lowest BCUT2D eigenvalue weighted by Crippen LogP contribution is -1.91. The quantitative estimate of drug-likeness (QED) is 0.227. The van der Waals surface area contributed by atoms with Gasteiger partial charge in [-0.05, 0) is 52.7 Å². The molecular formula is C21H14BrN3O5. The van der Waals surface area contributed by atoms with Crippen LogP contribution >= 0.6 is 15.9 Å². The highest BCUT2D eigenvalue weighted by Crippen LogP contribution is 2.35. The van der Waals surface area contributed by atoms with Crippen LogP contribution in [0.3, 0.4) is 0 Å². The van der Waals surface area contributed by atoms with Crippen LogP contribution in [-0.4, -0.2) is 26.3 Å². The number of nitrogens with zero attached hydrogens (tertiary/aromatic N) is 3. The van der Waals surface area contributed by atoms with Crippen LogP contribution in [-0.2, 0) is 0 Å². The number of rotatable bonds is 4. The number of benzene rings is 3. The lowest BCUT2D eigenvalue weighted by molar-refractivity contribution is -0.385. The number of aryl methyl sites for hydroxylation is 1. The van der Waals surface area contributed by atoms with E-state index in [0.717, 1.165) is 5.56 Å². The molecule has 0 aliphatic rings. The Morgan fingerprint density at radius 3 is 2.73 bits per heavy atom. The Bertz CT molecular complexity index is 1330. The van der Waals surface area contributed by atoms with Crippen LogP contribution in [0.2, 0.25) is 0 Å². The summed E-state index contributed by atoms with van der Waals surface area (Å²) in [6.45, 7) is 1.92. The fourth-order valence-electron chi connectivity index (χ4n) is 2.93. The third-order valence-corrected chi connectivity index (χ3v) is 5.08. The molecule has 0 atom stereocenters. The number of aromatic hydroxyl groups is 2. The van der Waals surface area contributed by atoms with Gasteiger partial charge in [0.1, 0.15) is 17.0 Å². The Morgan fingerprint density at radius 1 is 1.20 bits per heavy atom. The van der Waals surface area contributed by atoms with E-state index in [2.05, 4.69) is 25.9 Å². The Hall–Kier alpha value is -3.72. The highest BCUT2D eigenvalue weighted by Gasteiger charge is 2.15. The number of hydrogen-bond acceptors (Lipinski definition) is 7. The molecule has 0 amide bonds. The zero-order chi connectivity index (χ0) is 21.4. The van der Waals surface area contributed by atoms with E-state index in [-0.39, 0.29) is 33.1 Å². The number of fused-ring (bicyclic) bond motifs is 1. The summed E-state index contributed by atoms with van der Waals surface area (Å²) in [6.07, 6.45) is 1.31. The second-order valence-electron chi connectivity index (χ2n) is 6.52. The number of hydrogen-bond donors (Lipinski definition) is 2. The van der Waals surface area contributed by atoms with Gasteiger partial charge in [0.2, 0.25) is 5.89 Å². The zero-order valence-corrected chi connectivity index (χ0v) is 17.1. The van der Waals surface area contributed by atoms with Gasteiger partial charge in [-0.1, -0.05) is 12.1 Å². The number of nitro benzene ring substituents is 1. The summed E-state index contributed by atoms with van der Waals surface area (Å²) in [4.78, 5) is 19.2. The number of nitro groups is 1. The molecule has 0 bridgehead atoms. The van der Waals surface area contributed by atoms with Crippen molar-refractivity contribution >= 4 is 44.6 Å². The molecule has 0 fully saturated rings. The van der Waals surface area contributed by atoms with Crippen molar-refractivity contribution < 1.29 is 19.6 Å². The van der Waals surface area contributed by atoms with E-state index >= 15 is 0 Å². The number of oxazole rings is 1. The molecule has 4 rings (SSSR count). The Balaban J connectivity index is 1.74. The van der Waals surface area contributed by atoms with Crippen molar-refractivity contribution in [1.82, 2.24) is 4.98 Å². The van der Waals surface area contributed by atoms with E-state index in [1.807, 2.05) is 19.1 Å². The summed E-state index contributed by atoms with van der Waals surface area (Å²) < 4.78 is 5.95. The van der Waals surface area contributed by atoms with Crippen LogP contribution in [0.4, 0.5) is 11.4 Å². The van der Waals surface area contributed by atoms with Gasteiger partial charge in [-0.3, -0.25) is 15.1 Å². The maximum Gasteiger partial charge on any atom is 0.271 e. The van der Waals surface area contributed by atoms with Gasteiger partial charge in [0.15, 0.2) is 5.58 Å². The molecule has 3 aromatic carbocycles. The summed E-state index contributed by atoms with van der Waals surface area (Å²) in [5.74, 6) is 0.0478. The van der Waals surface area contributed by atoms with Gasteiger partial charge < -0.3 is 14.6 Å². The second kappa shape index (κ2) is 7.60. The fraction of sp³-hybridized carbons (Fsp3) is 0.0476. The summed E-state index contributed by atoms with van der Waals surface area (Å²) in [5, 5.41) is 31.5. The molecule has 0 aliphatic carbocycles. The number of halogens is 1. The minimum absolute atomic E-state index is 0.0286. The summed E-state index contributed by atoms with van der Waals surface area (Å²) in [6, 6.07) is 12.6. The van der Waals surface area contributed by atoms with Crippen LogP contribution in [0.1, 0.15) is 11.1 Å². The smallest absolute Gasteiger partial charge is 0.271 e. The maximum atomic E-state index is 11.0. The third kappa shape index (κ3) is 3.62. The van der Waals surface area contributed by atoms with Crippen molar-refractivity contribution in [3.8, 4) is 23.0 Å². The highest BCUT2D eigenvalue weighted by molar-refractivity contribution is 9.10. The minimum atomic E-state index is -0.560. The molecule has 0 saturated carbocycles. The van der Waals surface area contributed by atoms with Gasteiger partial charge in [-0.15, -0.1) is 0 Å². The number of aromatic nitrogens is 1. The predicted molar refractivity (Wildman–Crippen MR) is 116 cm³/mol. The van der Waals surface area contributed by atoms with E-state index in [0.29, 0.717) is 22.4 Å². The van der Waals surface area contributed by atoms with Crippen molar-refractivity contribution in [3.63, 3.8) is 0 Å². The molecule has 9 heteroatoms. The van der Waals surface area contributed by atoms with E-state index < -0.39 is 4.92 Å². The largest absolute Gasteiger partial charge is 0.507 e. The molecule has 0 saturated heterocycles. The summed E-state index contributed by atoms with van der Waals surface area (Å²) in [5.41, 5.74) is 3.02. The molecular weight excluding hydrogens is 454 g/mol. The standard InChI is InChI=1S/C21H14BrN3O5/c1-11-3-2-4-18-19(11)24-21(30-18)15-8-13(5-6-17(15)26)23-10-12-7-14(25(28)29)9-16(22)20(12)27/h2-10,26-27H,1H3. The minimum Gasteiger partial charge on any atom is -0.507 e. The molecule has 0 unspecified atom stereocenters. The van der Waals surface area contributed by atoms with E-state index in [9.17, 15) is 20.3 Å². The Labute approximate surface area is 178 Å². The first-order valence-corrected chi connectivity index (χ1v) is 9.53. The molecule has 150 valence electrons. The Kier molecular flexibility index (Phi) is 4.96. The number of para-hydroxylation sites is 1. The number of phenols is 2. The van der Waals surface area contributed by atoms with Crippen LogP contribution in [0, 0.1) is 17.0 Å². The molecule has 1 heterocycles. The molecule has 1 aromatic heterocycles. The SMILES string of the molecule is Cc1cccc2oc(-c3cc(N=Cc4cc([N+](=O)[O-])cc(Br)c4O)ccc3O)nc12.